The van der Waals surface area contributed by atoms with Gasteiger partial charge in [0.1, 0.15) is 10.8 Å². The first-order valence-electron chi connectivity index (χ1n) is 5.40. The van der Waals surface area contributed by atoms with Gasteiger partial charge in [-0.25, -0.2) is 9.97 Å². The molecule has 86 valence electrons. The molecule has 0 bridgehead atoms. The molecule has 2 rings (SSSR count). The van der Waals surface area contributed by atoms with Crippen LogP contribution in [0.5, 0.6) is 0 Å². The number of imidazole rings is 1. The van der Waals surface area contributed by atoms with Gasteiger partial charge in [0.15, 0.2) is 0 Å². The SMILES string of the molecule is CCC(NCc1nccn1C)c1nccs1. The van der Waals surface area contributed by atoms with Gasteiger partial charge in [-0.3, -0.25) is 0 Å². The van der Waals surface area contributed by atoms with Crippen LogP contribution < -0.4 is 5.32 Å². The lowest BCUT2D eigenvalue weighted by Crippen LogP contribution is -2.21. The fraction of sp³-hybridized carbons (Fsp3) is 0.455. The molecule has 0 saturated heterocycles. The molecule has 4 nitrogen and oxygen atoms in total. The van der Waals surface area contributed by atoms with E-state index < -0.39 is 0 Å². The maximum atomic E-state index is 4.34. The van der Waals surface area contributed by atoms with Gasteiger partial charge in [-0.1, -0.05) is 6.92 Å². The van der Waals surface area contributed by atoms with Crippen LogP contribution in [0.4, 0.5) is 0 Å². The molecule has 0 spiro atoms. The Morgan fingerprint density at radius 2 is 2.31 bits per heavy atom. The van der Waals surface area contributed by atoms with Gasteiger partial charge in [-0.05, 0) is 6.42 Å². The van der Waals surface area contributed by atoms with Crippen LogP contribution in [0.1, 0.15) is 30.2 Å². The Morgan fingerprint density at radius 3 is 2.88 bits per heavy atom. The molecule has 1 unspecified atom stereocenters. The number of nitrogens with zero attached hydrogens (tertiary/aromatic N) is 3. The van der Waals surface area contributed by atoms with E-state index in [1.54, 1.807) is 11.3 Å². The lowest BCUT2D eigenvalue weighted by atomic mass is 10.2. The number of thiazole rings is 1. The molecule has 0 saturated carbocycles. The second kappa shape index (κ2) is 5.23. The van der Waals surface area contributed by atoms with Crippen LogP contribution in [0.15, 0.2) is 24.0 Å². The van der Waals surface area contributed by atoms with Crippen molar-refractivity contribution in [2.45, 2.75) is 25.9 Å². The molecule has 0 aliphatic rings. The molecule has 0 radical (unpaired) electrons. The predicted molar refractivity (Wildman–Crippen MR) is 65.2 cm³/mol. The Bertz CT molecular complexity index is 421. The molecule has 1 atom stereocenters. The second-order valence-corrected chi connectivity index (χ2v) is 4.59. The quantitative estimate of drug-likeness (QED) is 0.864. The van der Waals surface area contributed by atoms with Gasteiger partial charge in [-0.2, -0.15) is 0 Å². The normalized spacial score (nSPS) is 12.9. The first-order valence-corrected chi connectivity index (χ1v) is 6.28. The van der Waals surface area contributed by atoms with E-state index in [9.17, 15) is 0 Å². The Kier molecular flexibility index (Phi) is 3.69. The van der Waals surface area contributed by atoms with E-state index in [2.05, 4.69) is 22.2 Å². The van der Waals surface area contributed by atoms with Crippen LogP contribution in [-0.4, -0.2) is 14.5 Å². The van der Waals surface area contributed by atoms with Crippen molar-refractivity contribution < 1.29 is 0 Å². The second-order valence-electron chi connectivity index (χ2n) is 3.67. The van der Waals surface area contributed by atoms with E-state index in [0.29, 0.717) is 6.04 Å². The summed E-state index contributed by atoms with van der Waals surface area (Å²) >= 11 is 1.70. The van der Waals surface area contributed by atoms with E-state index in [0.717, 1.165) is 23.8 Å². The zero-order valence-corrected chi connectivity index (χ0v) is 10.4. The fourth-order valence-electron chi connectivity index (χ4n) is 1.59. The average Bonchev–Trinajstić information content (AvgIpc) is 2.92. The van der Waals surface area contributed by atoms with Gasteiger partial charge in [0, 0.05) is 31.0 Å². The summed E-state index contributed by atoms with van der Waals surface area (Å²) in [5, 5.41) is 6.64. The van der Waals surface area contributed by atoms with Crippen LogP contribution in [0.2, 0.25) is 0 Å². The molecule has 5 heteroatoms. The first kappa shape index (κ1) is 11.3. The summed E-state index contributed by atoms with van der Waals surface area (Å²) in [4.78, 5) is 8.63. The van der Waals surface area contributed by atoms with Crippen molar-refractivity contribution in [3.8, 4) is 0 Å². The lowest BCUT2D eigenvalue weighted by molar-refractivity contribution is 0.500. The fourth-order valence-corrected chi connectivity index (χ4v) is 2.39. The van der Waals surface area contributed by atoms with Crippen molar-refractivity contribution in [2.75, 3.05) is 0 Å². The zero-order valence-electron chi connectivity index (χ0n) is 9.55. The Balaban J connectivity index is 1.96. The third kappa shape index (κ3) is 2.48. The summed E-state index contributed by atoms with van der Waals surface area (Å²) in [7, 11) is 2.01. The van der Waals surface area contributed by atoms with Crippen LogP contribution in [0.3, 0.4) is 0 Å². The molecule has 2 aromatic heterocycles. The van der Waals surface area contributed by atoms with E-state index in [1.807, 2.05) is 35.6 Å². The topological polar surface area (TPSA) is 42.7 Å². The molecule has 0 aromatic carbocycles. The van der Waals surface area contributed by atoms with Crippen molar-refractivity contribution in [3.05, 3.63) is 34.8 Å². The minimum Gasteiger partial charge on any atom is -0.337 e. The van der Waals surface area contributed by atoms with E-state index in [4.69, 9.17) is 0 Å². The van der Waals surface area contributed by atoms with Gasteiger partial charge < -0.3 is 9.88 Å². The maximum Gasteiger partial charge on any atom is 0.122 e. The molecule has 0 aliphatic carbocycles. The summed E-state index contributed by atoms with van der Waals surface area (Å²) in [5.41, 5.74) is 0. The summed E-state index contributed by atoms with van der Waals surface area (Å²) in [5.74, 6) is 1.05. The predicted octanol–water partition coefficient (Wildman–Crippen LogP) is 2.12. The van der Waals surface area contributed by atoms with Crippen molar-refractivity contribution in [3.63, 3.8) is 0 Å². The highest BCUT2D eigenvalue weighted by atomic mass is 32.1. The van der Waals surface area contributed by atoms with Crippen molar-refractivity contribution in [1.82, 2.24) is 19.9 Å². The Labute approximate surface area is 99.4 Å². The van der Waals surface area contributed by atoms with Gasteiger partial charge >= 0.3 is 0 Å². The largest absolute Gasteiger partial charge is 0.337 e. The molecule has 2 heterocycles. The van der Waals surface area contributed by atoms with Crippen molar-refractivity contribution >= 4 is 11.3 Å². The highest BCUT2D eigenvalue weighted by Crippen LogP contribution is 2.18. The molecule has 0 amide bonds. The summed E-state index contributed by atoms with van der Waals surface area (Å²) < 4.78 is 2.03. The average molecular weight is 236 g/mol. The standard InChI is InChI=1S/C11H16N4S/c1-3-9(11-13-5-7-16-11)14-8-10-12-4-6-15(10)2/h4-7,9,14H,3,8H2,1-2H3. The number of hydrogen-bond acceptors (Lipinski definition) is 4. The minimum atomic E-state index is 0.330. The van der Waals surface area contributed by atoms with Crippen LogP contribution in [0.25, 0.3) is 0 Å². The highest BCUT2D eigenvalue weighted by Gasteiger charge is 2.11. The van der Waals surface area contributed by atoms with Crippen LogP contribution in [-0.2, 0) is 13.6 Å². The van der Waals surface area contributed by atoms with Crippen molar-refractivity contribution in [2.24, 2.45) is 7.05 Å². The van der Waals surface area contributed by atoms with E-state index in [1.165, 1.54) is 0 Å². The number of aromatic nitrogens is 3. The highest BCUT2D eigenvalue weighted by molar-refractivity contribution is 7.09. The summed E-state index contributed by atoms with van der Waals surface area (Å²) in [6.07, 6.45) is 6.67. The molecule has 0 aliphatic heterocycles. The molecule has 2 aromatic rings. The van der Waals surface area contributed by atoms with Crippen molar-refractivity contribution in [1.29, 1.82) is 0 Å². The molecule has 1 N–H and O–H groups in total. The molecular weight excluding hydrogens is 220 g/mol. The zero-order chi connectivity index (χ0) is 11.4. The smallest absolute Gasteiger partial charge is 0.122 e. The first-order chi connectivity index (χ1) is 7.81. The molecule has 0 fully saturated rings. The number of nitrogens with one attached hydrogen (secondary N) is 1. The van der Waals surface area contributed by atoms with Gasteiger partial charge in [0.25, 0.3) is 0 Å². The Morgan fingerprint density at radius 1 is 1.44 bits per heavy atom. The minimum absolute atomic E-state index is 0.330. The number of rotatable bonds is 5. The van der Waals surface area contributed by atoms with Gasteiger partial charge in [0.05, 0.1) is 12.6 Å². The molecular formula is C11H16N4S. The number of hydrogen-bond donors (Lipinski definition) is 1. The molecule has 16 heavy (non-hydrogen) atoms. The summed E-state index contributed by atoms with van der Waals surface area (Å²) in [6, 6.07) is 0.330. The van der Waals surface area contributed by atoms with Crippen LogP contribution >= 0.6 is 11.3 Å². The van der Waals surface area contributed by atoms with Gasteiger partial charge in [0.2, 0.25) is 0 Å². The van der Waals surface area contributed by atoms with Crippen LogP contribution in [0, 0.1) is 0 Å². The van der Waals surface area contributed by atoms with E-state index >= 15 is 0 Å². The number of aryl methyl sites for hydroxylation is 1. The third-order valence-corrected chi connectivity index (χ3v) is 3.47. The lowest BCUT2D eigenvalue weighted by Gasteiger charge is -2.13. The summed E-state index contributed by atoms with van der Waals surface area (Å²) in [6.45, 7) is 2.94. The third-order valence-electron chi connectivity index (χ3n) is 2.59. The van der Waals surface area contributed by atoms with Gasteiger partial charge in [-0.15, -0.1) is 11.3 Å². The monoisotopic (exact) mass is 236 g/mol. The maximum absolute atomic E-state index is 4.34. The van der Waals surface area contributed by atoms with E-state index in [-0.39, 0.29) is 0 Å². The Hall–Kier alpha value is -1.20.